The lowest BCUT2D eigenvalue weighted by molar-refractivity contribution is -0.136. The SMILES string of the molecule is CC(C)(C)c1ccc(/C=N/NC(=O)C(O)(c2ccccc2)c2ccccc2)cc1. The standard InChI is InChI=1S/C25H26N2O2/c1-24(2,3)20-16-14-19(15-17-20)18-26-27-23(28)25(29,21-10-6-4-7-11-21)22-12-8-5-9-13-22/h4-18,29H,1-3H3,(H,27,28)/b26-18+. The molecular formula is C25H26N2O2. The second-order valence-electron chi connectivity index (χ2n) is 8.01. The molecule has 0 unspecified atom stereocenters. The summed E-state index contributed by atoms with van der Waals surface area (Å²) in [7, 11) is 0. The predicted molar refractivity (Wildman–Crippen MR) is 117 cm³/mol. The molecule has 0 atom stereocenters. The number of nitrogens with one attached hydrogen (secondary N) is 1. The van der Waals surface area contributed by atoms with Crippen LogP contribution in [0.15, 0.2) is 90.0 Å². The molecule has 0 aliphatic heterocycles. The van der Waals surface area contributed by atoms with E-state index in [-0.39, 0.29) is 5.41 Å². The Kier molecular flexibility index (Phi) is 5.95. The molecule has 148 valence electrons. The van der Waals surface area contributed by atoms with Gasteiger partial charge in [0.1, 0.15) is 0 Å². The smallest absolute Gasteiger partial charge is 0.281 e. The van der Waals surface area contributed by atoms with Crippen LogP contribution >= 0.6 is 0 Å². The van der Waals surface area contributed by atoms with Gasteiger partial charge in [-0.3, -0.25) is 4.79 Å². The van der Waals surface area contributed by atoms with Crippen LogP contribution in [0.25, 0.3) is 0 Å². The van der Waals surface area contributed by atoms with Crippen LogP contribution in [0.4, 0.5) is 0 Å². The van der Waals surface area contributed by atoms with Crippen LogP contribution in [0.5, 0.6) is 0 Å². The Bertz CT molecular complexity index is 933. The van der Waals surface area contributed by atoms with E-state index in [9.17, 15) is 9.90 Å². The minimum absolute atomic E-state index is 0.0751. The van der Waals surface area contributed by atoms with Gasteiger partial charge in [-0.1, -0.05) is 106 Å². The molecule has 0 heterocycles. The predicted octanol–water partition coefficient (Wildman–Crippen LogP) is 4.37. The van der Waals surface area contributed by atoms with Gasteiger partial charge in [0.15, 0.2) is 5.60 Å². The van der Waals surface area contributed by atoms with E-state index in [1.54, 1.807) is 54.7 Å². The molecule has 29 heavy (non-hydrogen) atoms. The Morgan fingerprint density at radius 2 is 1.28 bits per heavy atom. The maximum atomic E-state index is 13.0. The van der Waals surface area contributed by atoms with Gasteiger partial charge in [-0.15, -0.1) is 0 Å². The number of carbonyl (C=O) groups is 1. The summed E-state index contributed by atoms with van der Waals surface area (Å²) in [5.74, 6) is -0.613. The number of rotatable bonds is 5. The molecule has 0 aromatic heterocycles. The first-order chi connectivity index (χ1) is 13.8. The molecular weight excluding hydrogens is 360 g/mol. The molecule has 4 nitrogen and oxygen atoms in total. The Morgan fingerprint density at radius 1 is 0.793 bits per heavy atom. The largest absolute Gasteiger partial charge is 0.372 e. The van der Waals surface area contributed by atoms with Crippen molar-refractivity contribution in [2.75, 3.05) is 0 Å². The molecule has 3 aromatic carbocycles. The van der Waals surface area contributed by atoms with Crippen molar-refractivity contribution in [3.05, 3.63) is 107 Å². The molecule has 0 bridgehead atoms. The van der Waals surface area contributed by atoms with Crippen molar-refractivity contribution in [3.8, 4) is 0 Å². The van der Waals surface area contributed by atoms with Gasteiger partial charge in [-0.05, 0) is 27.7 Å². The highest BCUT2D eigenvalue weighted by atomic mass is 16.3. The molecule has 3 aromatic rings. The van der Waals surface area contributed by atoms with E-state index in [0.29, 0.717) is 11.1 Å². The minimum atomic E-state index is -1.84. The number of hydrogen-bond donors (Lipinski definition) is 2. The lowest BCUT2D eigenvalue weighted by atomic mass is 9.85. The van der Waals surface area contributed by atoms with E-state index in [0.717, 1.165) is 5.56 Å². The molecule has 0 saturated carbocycles. The Hall–Kier alpha value is -3.24. The molecule has 0 spiro atoms. The second kappa shape index (κ2) is 8.41. The molecule has 0 saturated heterocycles. The maximum Gasteiger partial charge on any atom is 0.281 e. The number of hydrogen-bond acceptors (Lipinski definition) is 3. The summed E-state index contributed by atoms with van der Waals surface area (Å²) in [5, 5.41) is 15.4. The third-order valence-electron chi connectivity index (χ3n) is 4.87. The fourth-order valence-electron chi connectivity index (χ4n) is 3.10. The number of benzene rings is 3. The van der Waals surface area contributed by atoms with Gasteiger partial charge >= 0.3 is 0 Å². The van der Waals surface area contributed by atoms with Crippen molar-refractivity contribution < 1.29 is 9.90 Å². The van der Waals surface area contributed by atoms with E-state index >= 15 is 0 Å². The molecule has 1 amide bonds. The summed E-state index contributed by atoms with van der Waals surface area (Å²) in [4.78, 5) is 13.0. The zero-order valence-corrected chi connectivity index (χ0v) is 17.0. The summed E-state index contributed by atoms with van der Waals surface area (Å²) in [6.07, 6.45) is 1.57. The van der Waals surface area contributed by atoms with E-state index in [1.807, 2.05) is 36.4 Å². The number of carbonyl (C=O) groups excluding carboxylic acids is 1. The topological polar surface area (TPSA) is 61.7 Å². The fourth-order valence-corrected chi connectivity index (χ4v) is 3.10. The molecule has 4 heteroatoms. The number of amides is 1. The van der Waals surface area contributed by atoms with E-state index in [2.05, 4.69) is 31.3 Å². The second-order valence-corrected chi connectivity index (χ2v) is 8.01. The molecule has 2 N–H and O–H groups in total. The summed E-state index contributed by atoms with van der Waals surface area (Å²) < 4.78 is 0. The van der Waals surface area contributed by atoms with Crippen LogP contribution in [-0.2, 0) is 15.8 Å². The normalized spacial score (nSPS) is 12.1. The first-order valence-electron chi connectivity index (χ1n) is 9.59. The van der Waals surface area contributed by atoms with Gasteiger partial charge < -0.3 is 5.11 Å². The summed E-state index contributed by atoms with van der Waals surface area (Å²) in [6, 6.07) is 25.7. The van der Waals surface area contributed by atoms with Gasteiger partial charge in [0, 0.05) is 0 Å². The molecule has 0 aliphatic carbocycles. The third kappa shape index (κ3) is 4.61. The van der Waals surface area contributed by atoms with Gasteiger partial charge in [-0.25, -0.2) is 5.43 Å². The third-order valence-corrected chi connectivity index (χ3v) is 4.87. The van der Waals surface area contributed by atoms with Gasteiger partial charge in [-0.2, -0.15) is 5.10 Å². The van der Waals surface area contributed by atoms with E-state index in [1.165, 1.54) is 5.56 Å². The van der Waals surface area contributed by atoms with Crippen molar-refractivity contribution in [3.63, 3.8) is 0 Å². The zero-order valence-electron chi connectivity index (χ0n) is 17.0. The monoisotopic (exact) mass is 386 g/mol. The van der Waals surface area contributed by atoms with Gasteiger partial charge in [0.25, 0.3) is 5.91 Å². The van der Waals surface area contributed by atoms with Gasteiger partial charge in [0.2, 0.25) is 0 Å². The Morgan fingerprint density at radius 3 is 1.72 bits per heavy atom. The number of aliphatic hydroxyl groups is 1. The van der Waals surface area contributed by atoms with Crippen LogP contribution in [0.2, 0.25) is 0 Å². The first-order valence-corrected chi connectivity index (χ1v) is 9.59. The van der Waals surface area contributed by atoms with Crippen molar-refractivity contribution in [1.29, 1.82) is 0 Å². The average molecular weight is 386 g/mol. The Balaban J connectivity index is 1.82. The van der Waals surface area contributed by atoms with Crippen molar-refractivity contribution >= 4 is 12.1 Å². The molecule has 0 fully saturated rings. The fraction of sp³-hybridized carbons (Fsp3) is 0.200. The van der Waals surface area contributed by atoms with Crippen LogP contribution in [-0.4, -0.2) is 17.2 Å². The summed E-state index contributed by atoms with van der Waals surface area (Å²) in [5.41, 5.74) is 3.78. The lowest BCUT2D eigenvalue weighted by Gasteiger charge is -2.27. The van der Waals surface area contributed by atoms with E-state index < -0.39 is 11.5 Å². The molecule has 0 aliphatic rings. The van der Waals surface area contributed by atoms with Gasteiger partial charge in [0.05, 0.1) is 6.21 Å². The number of nitrogens with zero attached hydrogens (tertiary/aromatic N) is 1. The molecule has 0 radical (unpaired) electrons. The first kappa shape index (κ1) is 20.5. The highest BCUT2D eigenvalue weighted by Crippen LogP contribution is 2.29. The van der Waals surface area contributed by atoms with Crippen molar-refractivity contribution in [1.82, 2.24) is 5.43 Å². The zero-order chi connectivity index (χ0) is 20.9. The van der Waals surface area contributed by atoms with Crippen molar-refractivity contribution in [2.45, 2.75) is 31.8 Å². The van der Waals surface area contributed by atoms with E-state index in [4.69, 9.17) is 0 Å². The highest BCUT2D eigenvalue weighted by molar-refractivity contribution is 5.91. The minimum Gasteiger partial charge on any atom is -0.372 e. The van der Waals surface area contributed by atoms with Crippen LogP contribution in [0, 0.1) is 0 Å². The molecule has 3 rings (SSSR count). The quantitative estimate of drug-likeness (QED) is 0.505. The highest BCUT2D eigenvalue weighted by Gasteiger charge is 2.39. The summed E-state index contributed by atoms with van der Waals surface area (Å²) >= 11 is 0. The van der Waals surface area contributed by atoms with Crippen LogP contribution in [0.3, 0.4) is 0 Å². The van der Waals surface area contributed by atoms with Crippen LogP contribution in [0.1, 0.15) is 43.0 Å². The van der Waals surface area contributed by atoms with Crippen molar-refractivity contribution in [2.24, 2.45) is 5.10 Å². The summed E-state index contributed by atoms with van der Waals surface area (Å²) in [6.45, 7) is 6.47. The average Bonchev–Trinajstić information content (AvgIpc) is 2.74. The lowest BCUT2D eigenvalue weighted by Crippen LogP contribution is -2.43. The van der Waals surface area contributed by atoms with Crippen LogP contribution < -0.4 is 5.43 Å². The Labute approximate surface area is 171 Å². The maximum absolute atomic E-state index is 13.0. The number of hydrazone groups is 1.